The molecule has 0 amide bonds. The number of hydrogen-bond acceptors (Lipinski definition) is 4. The molecular formula is C32H36ClFN4O2. The van der Waals surface area contributed by atoms with Gasteiger partial charge in [-0.25, -0.2) is 9.18 Å². The molecule has 0 spiro atoms. The number of anilines is 1. The van der Waals surface area contributed by atoms with Crippen molar-refractivity contribution in [3.8, 4) is 33.7 Å². The summed E-state index contributed by atoms with van der Waals surface area (Å²) < 4.78 is 17.8. The Kier molecular flexibility index (Phi) is 8.33. The lowest BCUT2D eigenvalue weighted by atomic mass is 9.96. The van der Waals surface area contributed by atoms with Crippen LogP contribution in [0.1, 0.15) is 33.1 Å². The van der Waals surface area contributed by atoms with Gasteiger partial charge in [0.1, 0.15) is 11.6 Å². The molecule has 1 aromatic heterocycles. The number of halogens is 2. The number of aryl methyl sites for hydroxylation is 1. The van der Waals surface area contributed by atoms with E-state index in [2.05, 4.69) is 30.1 Å². The number of aromatic nitrogens is 2. The molecule has 0 radical (unpaired) electrons. The van der Waals surface area contributed by atoms with Crippen molar-refractivity contribution >= 4 is 17.3 Å². The number of phenols is 1. The van der Waals surface area contributed by atoms with Gasteiger partial charge >= 0.3 is 5.69 Å². The molecule has 0 unspecified atom stereocenters. The quantitative estimate of drug-likeness (QED) is 0.225. The van der Waals surface area contributed by atoms with Crippen molar-refractivity contribution in [1.29, 1.82) is 0 Å². The van der Waals surface area contributed by atoms with Crippen molar-refractivity contribution in [3.63, 3.8) is 0 Å². The molecule has 6 nitrogen and oxygen atoms in total. The van der Waals surface area contributed by atoms with Crippen LogP contribution in [0.4, 0.5) is 10.1 Å². The maximum atomic E-state index is 14.9. The van der Waals surface area contributed by atoms with Crippen LogP contribution in [0.15, 0.2) is 71.8 Å². The molecule has 8 heteroatoms. The minimum atomic E-state index is -0.455. The molecule has 1 fully saturated rings. The minimum absolute atomic E-state index is 0.0174. The van der Waals surface area contributed by atoms with E-state index < -0.39 is 5.82 Å². The predicted octanol–water partition coefficient (Wildman–Crippen LogP) is 6.61. The summed E-state index contributed by atoms with van der Waals surface area (Å²) in [5.41, 5.74) is 3.43. The number of rotatable bonds is 9. The number of hydrogen-bond donors (Lipinski definition) is 2. The predicted molar refractivity (Wildman–Crippen MR) is 161 cm³/mol. The van der Waals surface area contributed by atoms with Gasteiger partial charge in [-0.1, -0.05) is 43.6 Å². The third kappa shape index (κ3) is 5.96. The largest absolute Gasteiger partial charge is 0.507 e. The van der Waals surface area contributed by atoms with E-state index in [9.17, 15) is 14.3 Å². The highest BCUT2D eigenvalue weighted by molar-refractivity contribution is 6.32. The van der Waals surface area contributed by atoms with Crippen LogP contribution in [0.2, 0.25) is 5.02 Å². The minimum Gasteiger partial charge on any atom is -0.507 e. The van der Waals surface area contributed by atoms with Crippen LogP contribution >= 0.6 is 11.6 Å². The van der Waals surface area contributed by atoms with Gasteiger partial charge < -0.3 is 19.9 Å². The van der Waals surface area contributed by atoms with Crippen LogP contribution in [0.25, 0.3) is 27.9 Å². The number of nitrogens with zero attached hydrogens (tertiary/aromatic N) is 3. The van der Waals surface area contributed by atoms with Gasteiger partial charge in [0.2, 0.25) is 0 Å². The second-order valence-corrected chi connectivity index (χ2v) is 11.4. The van der Waals surface area contributed by atoms with E-state index in [-0.39, 0.29) is 11.4 Å². The van der Waals surface area contributed by atoms with Gasteiger partial charge in [0.25, 0.3) is 0 Å². The third-order valence-electron chi connectivity index (χ3n) is 7.69. The van der Waals surface area contributed by atoms with E-state index in [1.165, 1.54) is 34.1 Å². The van der Waals surface area contributed by atoms with Gasteiger partial charge in [-0.2, -0.15) is 0 Å². The number of phenolic OH excluding ortho intramolecular Hbond substituents is 1. The third-order valence-corrected chi connectivity index (χ3v) is 7.99. The van der Waals surface area contributed by atoms with Gasteiger partial charge in [0.15, 0.2) is 0 Å². The van der Waals surface area contributed by atoms with Crippen molar-refractivity contribution in [3.05, 3.63) is 88.3 Å². The Balaban J connectivity index is 1.38. The zero-order valence-electron chi connectivity index (χ0n) is 23.2. The van der Waals surface area contributed by atoms with Crippen LogP contribution < -0.4 is 15.9 Å². The first-order valence-electron chi connectivity index (χ1n) is 13.9. The lowest BCUT2D eigenvalue weighted by Crippen LogP contribution is -2.24. The molecule has 0 bridgehead atoms. The fraction of sp³-hybridized carbons (Fsp3) is 0.344. The summed E-state index contributed by atoms with van der Waals surface area (Å²) in [5.74, 6) is 0.186. The summed E-state index contributed by atoms with van der Waals surface area (Å²) in [7, 11) is 1.66. The molecule has 2 heterocycles. The summed E-state index contributed by atoms with van der Waals surface area (Å²) in [4.78, 5) is 14.8. The average molecular weight is 563 g/mol. The van der Waals surface area contributed by atoms with Gasteiger partial charge in [-0.05, 0) is 79.3 Å². The van der Waals surface area contributed by atoms with Crippen LogP contribution in [-0.4, -0.2) is 39.9 Å². The molecule has 1 saturated heterocycles. The molecule has 2 N–H and O–H groups in total. The standard InChI is InChI=1S/C32H36ClFN4O2/c1-21(2)35-12-5-6-22-11-13-37(20-22)26-8-4-7-23(16-26)27-18-25(34)19-28(31(27)39)24-9-10-30(29(33)17-24)38-15-14-36(3)32(38)40/h4,7-10,14-19,21-22,35,39H,5-6,11-13,20H2,1-3H3/t22-/m1/s1. The van der Waals surface area contributed by atoms with E-state index in [1.54, 1.807) is 37.6 Å². The van der Waals surface area contributed by atoms with E-state index >= 15 is 0 Å². The molecule has 1 atom stereocenters. The number of aromatic hydroxyl groups is 1. The van der Waals surface area contributed by atoms with Crippen molar-refractivity contribution in [2.45, 2.75) is 39.2 Å². The van der Waals surface area contributed by atoms with Gasteiger partial charge in [-0.15, -0.1) is 0 Å². The first kappa shape index (κ1) is 28.0. The van der Waals surface area contributed by atoms with Crippen LogP contribution in [0.5, 0.6) is 5.75 Å². The van der Waals surface area contributed by atoms with Gasteiger partial charge in [0, 0.05) is 55.4 Å². The summed E-state index contributed by atoms with van der Waals surface area (Å²) >= 11 is 6.55. The SMILES string of the molecule is CC(C)NCCC[C@@H]1CCN(c2cccc(-c3cc(F)cc(-c4ccc(-n5ccn(C)c5=O)c(Cl)c4)c3O)c2)C1. The Morgan fingerprint density at radius 3 is 2.50 bits per heavy atom. The monoisotopic (exact) mass is 562 g/mol. The smallest absolute Gasteiger partial charge is 0.332 e. The fourth-order valence-corrected chi connectivity index (χ4v) is 5.78. The van der Waals surface area contributed by atoms with E-state index in [4.69, 9.17) is 11.6 Å². The summed E-state index contributed by atoms with van der Waals surface area (Å²) in [6.07, 6.45) is 6.82. The molecule has 5 rings (SSSR count). The van der Waals surface area contributed by atoms with Crippen molar-refractivity contribution in [1.82, 2.24) is 14.5 Å². The molecule has 210 valence electrons. The maximum absolute atomic E-state index is 14.9. The van der Waals surface area contributed by atoms with E-state index in [1.807, 2.05) is 18.2 Å². The molecule has 1 aliphatic heterocycles. The molecule has 4 aromatic rings. The van der Waals surface area contributed by atoms with E-state index in [0.717, 1.165) is 37.3 Å². The van der Waals surface area contributed by atoms with E-state index in [0.29, 0.717) is 39.4 Å². The Bertz CT molecular complexity index is 1560. The van der Waals surface area contributed by atoms with Crippen LogP contribution in [-0.2, 0) is 7.05 Å². The molecule has 3 aromatic carbocycles. The number of nitrogens with one attached hydrogen (secondary N) is 1. The fourth-order valence-electron chi connectivity index (χ4n) is 5.51. The Morgan fingerprint density at radius 2 is 1.82 bits per heavy atom. The second-order valence-electron chi connectivity index (χ2n) is 11.0. The zero-order valence-corrected chi connectivity index (χ0v) is 24.0. The Labute approximate surface area is 239 Å². The van der Waals surface area contributed by atoms with Crippen molar-refractivity contribution < 1.29 is 9.50 Å². The van der Waals surface area contributed by atoms with Crippen LogP contribution in [0.3, 0.4) is 0 Å². The number of imidazole rings is 1. The molecular weight excluding hydrogens is 527 g/mol. The Hall–Kier alpha value is -3.55. The second kappa shape index (κ2) is 11.9. The summed E-state index contributed by atoms with van der Waals surface area (Å²) in [6, 6.07) is 16.2. The summed E-state index contributed by atoms with van der Waals surface area (Å²) in [6.45, 7) is 7.37. The van der Waals surface area contributed by atoms with Gasteiger partial charge in [-0.3, -0.25) is 4.57 Å². The first-order chi connectivity index (χ1) is 19.2. The maximum Gasteiger partial charge on any atom is 0.332 e. The van der Waals surface area contributed by atoms with Crippen molar-refractivity contribution in [2.24, 2.45) is 13.0 Å². The number of benzene rings is 3. The zero-order chi connectivity index (χ0) is 28.4. The Morgan fingerprint density at radius 1 is 1.07 bits per heavy atom. The average Bonchev–Trinajstić information content (AvgIpc) is 3.54. The summed E-state index contributed by atoms with van der Waals surface area (Å²) in [5, 5.41) is 15.1. The highest BCUT2D eigenvalue weighted by atomic mass is 35.5. The van der Waals surface area contributed by atoms with Crippen molar-refractivity contribution in [2.75, 3.05) is 24.5 Å². The molecule has 1 aliphatic rings. The lowest BCUT2D eigenvalue weighted by Gasteiger charge is -2.20. The van der Waals surface area contributed by atoms with Crippen LogP contribution in [0, 0.1) is 11.7 Å². The lowest BCUT2D eigenvalue weighted by molar-refractivity contribution is 0.477. The highest BCUT2D eigenvalue weighted by Gasteiger charge is 2.23. The van der Waals surface area contributed by atoms with Gasteiger partial charge in [0.05, 0.1) is 10.7 Å². The highest BCUT2D eigenvalue weighted by Crippen LogP contribution is 2.41. The topological polar surface area (TPSA) is 62.4 Å². The normalized spacial score (nSPS) is 15.3. The molecule has 40 heavy (non-hydrogen) atoms. The molecule has 0 saturated carbocycles. The molecule has 0 aliphatic carbocycles. The first-order valence-corrected chi connectivity index (χ1v) is 14.2.